The average molecular weight is 450 g/mol. The predicted octanol–water partition coefficient (Wildman–Crippen LogP) is 5.01. The van der Waals surface area contributed by atoms with Crippen LogP contribution in [-0.2, 0) is 10.3 Å². The van der Waals surface area contributed by atoms with Gasteiger partial charge in [-0.1, -0.05) is 13.0 Å². The van der Waals surface area contributed by atoms with Gasteiger partial charge in [0.05, 0.1) is 35.8 Å². The Morgan fingerprint density at radius 1 is 1.30 bits per heavy atom. The quantitative estimate of drug-likeness (QED) is 0.556. The Labute approximate surface area is 196 Å². The van der Waals surface area contributed by atoms with Gasteiger partial charge in [-0.2, -0.15) is 0 Å². The number of aromatic amines is 1. The molecule has 176 valence electrons. The van der Waals surface area contributed by atoms with E-state index in [4.69, 9.17) is 11.3 Å². The van der Waals surface area contributed by atoms with Crippen molar-refractivity contribution in [2.75, 3.05) is 50.6 Å². The maximum absolute atomic E-state index is 12.9. The number of piperidine rings is 1. The van der Waals surface area contributed by atoms with Crippen molar-refractivity contribution < 1.29 is 9.53 Å². The van der Waals surface area contributed by atoms with E-state index in [9.17, 15) is 4.79 Å². The number of ether oxygens (including phenoxy) is 1. The summed E-state index contributed by atoms with van der Waals surface area (Å²) in [6, 6.07) is 7.95. The van der Waals surface area contributed by atoms with Gasteiger partial charge in [0.25, 0.3) is 5.91 Å². The Morgan fingerprint density at radius 3 is 2.67 bits per heavy atom. The van der Waals surface area contributed by atoms with E-state index < -0.39 is 0 Å². The summed E-state index contributed by atoms with van der Waals surface area (Å²) in [7, 11) is 4.13. The van der Waals surface area contributed by atoms with E-state index in [1.54, 1.807) is 12.3 Å². The molecule has 4 rings (SSSR count). The van der Waals surface area contributed by atoms with Gasteiger partial charge >= 0.3 is 0 Å². The largest absolute Gasteiger partial charge is 0.370 e. The molecule has 1 aliphatic carbocycles. The predicted molar refractivity (Wildman–Crippen MR) is 132 cm³/mol. The number of likely N-dealkylation sites (N-methyl/N-ethyl adjacent to an activating group) is 1. The molecule has 0 atom stereocenters. The minimum absolute atomic E-state index is 0.222. The number of nitrogens with zero attached hydrogens (tertiary/aromatic N) is 3. The highest BCUT2D eigenvalue weighted by Crippen LogP contribution is 2.47. The SMILES string of the molecule is [C-]#[N+]c1c[nH]c(C(=O)Nc2ccc(C3(OCCN(C)C)CCC3)cc2N2CCC(C)CC2)c1. The highest BCUT2D eigenvalue weighted by atomic mass is 16.5. The van der Waals surface area contributed by atoms with Crippen LogP contribution in [0.1, 0.15) is 55.1 Å². The fraction of sp³-hybridized carbons (Fsp3) is 0.538. The lowest BCUT2D eigenvalue weighted by atomic mass is 9.74. The molecule has 2 aliphatic rings. The van der Waals surface area contributed by atoms with Crippen LogP contribution in [0.3, 0.4) is 0 Å². The molecule has 1 amide bonds. The van der Waals surface area contributed by atoms with Crippen LogP contribution in [0.4, 0.5) is 17.1 Å². The number of carbonyl (C=O) groups is 1. The molecular formula is C26H35N5O2. The summed E-state index contributed by atoms with van der Waals surface area (Å²) in [5, 5.41) is 3.08. The van der Waals surface area contributed by atoms with Gasteiger partial charge in [-0.15, -0.1) is 0 Å². The molecule has 7 nitrogen and oxygen atoms in total. The van der Waals surface area contributed by atoms with E-state index in [0.29, 0.717) is 18.0 Å². The number of H-pyrrole nitrogens is 1. The van der Waals surface area contributed by atoms with E-state index in [0.717, 1.165) is 62.6 Å². The number of carbonyl (C=O) groups excluding carboxylic acids is 1. The third-order valence-corrected chi connectivity index (χ3v) is 7.02. The highest BCUT2D eigenvalue weighted by molar-refractivity contribution is 6.05. The van der Waals surface area contributed by atoms with Crippen molar-refractivity contribution in [2.45, 2.75) is 44.6 Å². The minimum atomic E-state index is -0.232. The third-order valence-electron chi connectivity index (χ3n) is 7.02. The van der Waals surface area contributed by atoms with Crippen LogP contribution in [-0.4, -0.2) is 56.1 Å². The Morgan fingerprint density at radius 2 is 2.06 bits per heavy atom. The Bertz CT molecular complexity index is 1010. The normalized spacial score (nSPS) is 18.1. The maximum atomic E-state index is 12.9. The summed E-state index contributed by atoms with van der Waals surface area (Å²) in [5.41, 5.74) is 3.68. The Balaban J connectivity index is 1.60. The third kappa shape index (κ3) is 5.23. The summed E-state index contributed by atoms with van der Waals surface area (Å²) in [6.45, 7) is 13.0. The lowest BCUT2D eigenvalue weighted by molar-refractivity contribution is -0.109. The molecule has 0 bridgehead atoms. The molecule has 0 radical (unpaired) electrons. The van der Waals surface area contributed by atoms with Gasteiger partial charge in [-0.3, -0.25) is 4.79 Å². The smallest absolute Gasteiger partial charge is 0.270 e. The molecule has 0 spiro atoms. The topological polar surface area (TPSA) is 65.0 Å². The molecule has 7 heteroatoms. The van der Waals surface area contributed by atoms with Crippen molar-refractivity contribution in [1.82, 2.24) is 9.88 Å². The molecule has 2 heterocycles. The number of rotatable bonds is 8. The zero-order valence-corrected chi connectivity index (χ0v) is 20.0. The molecule has 1 saturated carbocycles. The van der Waals surface area contributed by atoms with Crippen molar-refractivity contribution in [2.24, 2.45) is 5.92 Å². The molecule has 0 unspecified atom stereocenters. The first-order chi connectivity index (χ1) is 15.9. The lowest BCUT2D eigenvalue weighted by Gasteiger charge is -2.43. The second-order valence-electron chi connectivity index (χ2n) is 9.74. The van der Waals surface area contributed by atoms with Crippen molar-refractivity contribution >= 4 is 23.0 Å². The summed E-state index contributed by atoms with van der Waals surface area (Å²) < 4.78 is 6.45. The number of anilines is 2. The number of nitrogens with one attached hydrogen (secondary N) is 2. The number of hydrogen-bond acceptors (Lipinski definition) is 4. The fourth-order valence-electron chi connectivity index (χ4n) is 4.64. The second-order valence-corrected chi connectivity index (χ2v) is 9.74. The summed E-state index contributed by atoms with van der Waals surface area (Å²) in [4.78, 5) is 23.7. The molecule has 33 heavy (non-hydrogen) atoms. The summed E-state index contributed by atoms with van der Waals surface area (Å²) in [5.74, 6) is 0.491. The molecular weight excluding hydrogens is 414 g/mol. The van der Waals surface area contributed by atoms with Gasteiger partial charge in [-0.05, 0) is 75.9 Å². The molecule has 1 aromatic carbocycles. The summed E-state index contributed by atoms with van der Waals surface area (Å²) in [6.07, 6.45) is 7.09. The minimum Gasteiger partial charge on any atom is -0.370 e. The molecule has 2 N–H and O–H groups in total. The van der Waals surface area contributed by atoms with Gasteiger partial charge in [0.15, 0.2) is 0 Å². The molecule has 1 aromatic heterocycles. The first kappa shape index (κ1) is 23.3. The lowest BCUT2D eigenvalue weighted by Crippen LogP contribution is -2.39. The standard InChI is InChI=1S/C26H35N5O2/c1-19-8-12-31(13-9-19)24-16-20(26(10-5-11-26)33-15-14-30(3)4)6-7-22(24)29-25(32)23-17-21(27-2)18-28-23/h6-7,16-19,28H,5,8-15H2,1,3-4H3,(H,29,32). The van der Waals surface area contributed by atoms with Crippen LogP contribution in [0, 0.1) is 12.5 Å². The fourth-order valence-corrected chi connectivity index (χ4v) is 4.64. The van der Waals surface area contributed by atoms with Crippen LogP contribution in [0.5, 0.6) is 0 Å². The monoisotopic (exact) mass is 449 g/mol. The molecule has 1 aliphatic heterocycles. The van der Waals surface area contributed by atoms with E-state index >= 15 is 0 Å². The van der Waals surface area contributed by atoms with Gasteiger partial charge in [-0.25, -0.2) is 4.85 Å². The van der Waals surface area contributed by atoms with Gasteiger partial charge < -0.3 is 24.8 Å². The van der Waals surface area contributed by atoms with E-state index in [1.807, 2.05) is 6.07 Å². The number of benzene rings is 1. The Kier molecular flexibility index (Phi) is 7.06. The van der Waals surface area contributed by atoms with Gasteiger partial charge in [0, 0.05) is 25.8 Å². The van der Waals surface area contributed by atoms with Crippen LogP contribution < -0.4 is 10.2 Å². The number of hydrogen-bond donors (Lipinski definition) is 2. The van der Waals surface area contributed by atoms with Crippen LogP contribution in [0.15, 0.2) is 30.5 Å². The van der Waals surface area contributed by atoms with Gasteiger partial charge in [0.2, 0.25) is 5.69 Å². The van der Waals surface area contributed by atoms with Crippen molar-refractivity contribution in [3.05, 3.63) is 53.1 Å². The van der Waals surface area contributed by atoms with Crippen molar-refractivity contribution in [1.29, 1.82) is 0 Å². The summed E-state index contributed by atoms with van der Waals surface area (Å²) >= 11 is 0. The molecule has 1 saturated heterocycles. The maximum Gasteiger partial charge on any atom is 0.270 e. The van der Waals surface area contributed by atoms with Crippen LogP contribution >= 0.6 is 0 Å². The van der Waals surface area contributed by atoms with Crippen molar-refractivity contribution in [3.63, 3.8) is 0 Å². The zero-order valence-electron chi connectivity index (χ0n) is 20.0. The van der Waals surface area contributed by atoms with E-state index in [1.165, 1.54) is 12.0 Å². The van der Waals surface area contributed by atoms with Crippen LogP contribution in [0.2, 0.25) is 0 Å². The molecule has 2 aromatic rings. The first-order valence-electron chi connectivity index (χ1n) is 12.0. The second kappa shape index (κ2) is 9.98. The van der Waals surface area contributed by atoms with E-state index in [-0.39, 0.29) is 11.5 Å². The number of amides is 1. The first-order valence-corrected chi connectivity index (χ1v) is 12.0. The van der Waals surface area contributed by atoms with Gasteiger partial charge in [0.1, 0.15) is 0 Å². The molecule has 2 fully saturated rings. The zero-order chi connectivity index (χ0) is 23.4. The number of aromatic nitrogens is 1. The highest BCUT2D eigenvalue weighted by Gasteiger charge is 2.40. The van der Waals surface area contributed by atoms with Crippen LogP contribution in [0.25, 0.3) is 4.85 Å². The Hall–Kier alpha value is -2.82. The van der Waals surface area contributed by atoms with E-state index in [2.05, 4.69) is 58.1 Å². The average Bonchev–Trinajstić information content (AvgIpc) is 3.26. The van der Waals surface area contributed by atoms with Crippen molar-refractivity contribution in [3.8, 4) is 0 Å².